The van der Waals surface area contributed by atoms with Gasteiger partial charge in [0, 0.05) is 12.8 Å². The molecule has 0 saturated carbocycles. The van der Waals surface area contributed by atoms with Crippen molar-refractivity contribution in [1.29, 1.82) is 0 Å². The van der Waals surface area contributed by atoms with Crippen LogP contribution in [0.4, 0.5) is 0 Å². The second-order valence-electron chi connectivity index (χ2n) is 23.0. The molecule has 0 aliphatic heterocycles. The molecule has 0 N–H and O–H groups in total. The van der Waals surface area contributed by atoms with Crippen molar-refractivity contribution in [2.75, 3.05) is 47.5 Å². The zero-order chi connectivity index (χ0) is 64.7. The molecule has 0 aliphatic rings. The molecule has 496 valence electrons. The molecular formula is C80H123NO8. The number of aliphatic carboxylic acids is 1. The highest BCUT2D eigenvalue weighted by atomic mass is 16.7. The summed E-state index contributed by atoms with van der Waals surface area (Å²) in [6, 6.07) is 0. The van der Waals surface area contributed by atoms with Crippen LogP contribution >= 0.6 is 0 Å². The summed E-state index contributed by atoms with van der Waals surface area (Å²) in [5, 5.41) is 11.8. The van der Waals surface area contributed by atoms with Crippen LogP contribution in [0.15, 0.2) is 207 Å². The number of carboxylic acid groups (broad SMARTS) is 1. The number of allylic oxidation sites excluding steroid dienone is 34. The van der Waals surface area contributed by atoms with Gasteiger partial charge in [-0.3, -0.25) is 9.59 Å². The van der Waals surface area contributed by atoms with Gasteiger partial charge in [0.25, 0.3) is 0 Å². The van der Waals surface area contributed by atoms with Crippen LogP contribution in [0.5, 0.6) is 0 Å². The van der Waals surface area contributed by atoms with Gasteiger partial charge in [0.2, 0.25) is 0 Å². The van der Waals surface area contributed by atoms with Crippen LogP contribution in [-0.2, 0) is 33.3 Å². The van der Waals surface area contributed by atoms with Gasteiger partial charge in [-0.05, 0) is 148 Å². The van der Waals surface area contributed by atoms with E-state index in [2.05, 4.69) is 220 Å². The van der Waals surface area contributed by atoms with Crippen molar-refractivity contribution in [3.8, 4) is 0 Å². The standard InChI is InChI=1S/C80H123NO8/c1-6-8-10-12-14-16-18-20-22-24-26-28-30-32-34-35-36-37-38-39-40-41-42-43-45-47-49-51-53-55-57-59-61-63-65-67-69-71-78(83)89-76(75-88-80(79(84)85)86-73-72-81(3,4)5)74-87-77(82)70-68-66-64-62-60-58-56-54-52-50-48-46-44-33-31-29-27-25-23-21-19-17-15-13-11-9-7-2/h8-11,14-17,20-23,26-29,32-34,36-37,39-40,42-44,47-50,53,55,59,61,76,80H,6-7,12-13,18-19,24-25,30-31,35,38,41,45-46,51-52,54,56-58,60,62-75H2,1-5H3/b10-8-,11-9-,16-14-,17-15-,22-20-,23-21-,28-26-,29-27-,34-32-,37-36-,40-39-,43-42-,44-33-,49-47-,50-48-,55-53-,61-59-. The molecule has 0 aromatic heterocycles. The van der Waals surface area contributed by atoms with E-state index in [1.807, 2.05) is 21.1 Å². The van der Waals surface area contributed by atoms with Crippen LogP contribution in [0.3, 0.4) is 0 Å². The fraction of sp³-hybridized carbons (Fsp3) is 0.537. The molecule has 0 heterocycles. The molecule has 0 aliphatic carbocycles. The molecule has 0 fully saturated rings. The first-order chi connectivity index (χ1) is 43.6. The van der Waals surface area contributed by atoms with E-state index in [1.165, 1.54) is 25.7 Å². The van der Waals surface area contributed by atoms with Crippen molar-refractivity contribution < 1.29 is 42.9 Å². The third kappa shape index (κ3) is 69.2. The molecule has 2 unspecified atom stereocenters. The molecule has 0 radical (unpaired) electrons. The van der Waals surface area contributed by atoms with E-state index in [0.717, 1.165) is 154 Å². The van der Waals surface area contributed by atoms with Crippen LogP contribution in [0.25, 0.3) is 0 Å². The van der Waals surface area contributed by atoms with E-state index in [-0.39, 0.29) is 38.6 Å². The van der Waals surface area contributed by atoms with Crippen molar-refractivity contribution in [2.24, 2.45) is 0 Å². The number of ether oxygens (including phenoxy) is 4. The van der Waals surface area contributed by atoms with Crippen molar-refractivity contribution in [3.63, 3.8) is 0 Å². The summed E-state index contributed by atoms with van der Waals surface area (Å²) in [5.41, 5.74) is 0. The number of hydrogen-bond donors (Lipinski definition) is 0. The minimum atomic E-state index is -1.65. The second-order valence-corrected chi connectivity index (χ2v) is 23.0. The third-order valence-electron chi connectivity index (χ3n) is 13.5. The van der Waals surface area contributed by atoms with Gasteiger partial charge in [0.15, 0.2) is 12.4 Å². The summed E-state index contributed by atoms with van der Waals surface area (Å²) in [4.78, 5) is 37.5. The first-order valence-electron chi connectivity index (χ1n) is 34.2. The topological polar surface area (TPSA) is 111 Å². The van der Waals surface area contributed by atoms with E-state index < -0.39 is 24.3 Å². The smallest absolute Gasteiger partial charge is 0.306 e. The van der Waals surface area contributed by atoms with Gasteiger partial charge in [-0.1, -0.05) is 265 Å². The van der Waals surface area contributed by atoms with E-state index in [1.54, 1.807) is 0 Å². The van der Waals surface area contributed by atoms with Crippen LogP contribution in [-0.4, -0.2) is 82.3 Å². The second kappa shape index (κ2) is 67.8. The lowest BCUT2D eigenvalue weighted by molar-refractivity contribution is -0.870. The Morgan fingerprint density at radius 2 is 0.607 bits per heavy atom. The van der Waals surface area contributed by atoms with Gasteiger partial charge in [-0.15, -0.1) is 0 Å². The van der Waals surface area contributed by atoms with Crippen LogP contribution in [0.1, 0.15) is 219 Å². The number of quaternary nitrogens is 1. The Morgan fingerprint density at radius 3 is 0.910 bits per heavy atom. The molecule has 0 aromatic carbocycles. The Balaban J connectivity index is 4.32. The van der Waals surface area contributed by atoms with Gasteiger partial charge >= 0.3 is 11.9 Å². The van der Waals surface area contributed by atoms with Crippen LogP contribution in [0.2, 0.25) is 0 Å². The van der Waals surface area contributed by atoms with Gasteiger partial charge in [0.1, 0.15) is 13.2 Å². The molecule has 2 atom stereocenters. The number of rotatable bonds is 60. The average Bonchev–Trinajstić information content (AvgIpc) is 3.70. The zero-order valence-electron chi connectivity index (χ0n) is 56.5. The normalized spacial score (nSPS) is 14.0. The van der Waals surface area contributed by atoms with Crippen molar-refractivity contribution in [1.82, 2.24) is 0 Å². The first-order valence-corrected chi connectivity index (χ1v) is 34.2. The third-order valence-corrected chi connectivity index (χ3v) is 13.5. The number of nitrogens with zero attached hydrogens (tertiary/aromatic N) is 1. The minimum absolute atomic E-state index is 0.127. The predicted octanol–water partition coefficient (Wildman–Crippen LogP) is 20.2. The molecule has 0 bridgehead atoms. The maximum absolute atomic E-state index is 12.9. The summed E-state index contributed by atoms with van der Waals surface area (Å²) in [6.45, 7) is 4.44. The largest absolute Gasteiger partial charge is 0.545 e. The molecule has 0 saturated heterocycles. The lowest BCUT2D eigenvalue weighted by Crippen LogP contribution is -2.44. The molecule has 9 heteroatoms. The fourth-order valence-corrected chi connectivity index (χ4v) is 8.37. The first kappa shape index (κ1) is 82.9. The number of carbonyl (C=O) groups is 3. The zero-order valence-corrected chi connectivity index (χ0v) is 56.5. The van der Waals surface area contributed by atoms with Gasteiger partial charge in [-0.25, -0.2) is 0 Å². The van der Waals surface area contributed by atoms with Crippen LogP contribution in [0, 0.1) is 0 Å². The lowest BCUT2D eigenvalue weighted by atomic mass is 10.1. The summed E-state index contributed by atoms with van der Waals surface area (Å²) in [6.07, 6.45) is 103. The molecular weight excluding hydrogens is 1100 g/mol. The van der Waals surface area contributed by atoms with E-state index in [9.17, 15) is 19.5 Å². The summed E-state index contributed by atoms with van der Waals surface area (Å²) >= 11 is 0. The quantitative estimate of drug-likeness (QED) is 0.0195. The van der Waals surface area contributed by atoms with E-state index >= 15 is 0 Å². The summed E-state index contributed by atoms with van der Waals surface area (Å²) in [7, 11) is 5.89. The molecule has 0 amide bonds. The summed E-state index contributed by atoms with van der Waals surface area (Å²) in [5.74, 6) is -2.37. The van der Waals surface area contributed by atoms with E-state index in [4.69, 9.17) is 18.9 Å². The molecule has 89 heavy (non-hydrogen) atoms. The Bertz CT molecular complexity index is 2210. The number of carbonyl (C=O) groups excluding carboxylic acids is 3. The number of hydrogen-bond acceptors (Lipinski definition) is 8. The predicted molar refractivity (Wildman–Crippen MR) is 379 cm³/mol. The fourth-order valence-electron chi connectivity index (χ4n) is 8.37. The summed E-state index contributed by atoms with van der Waals surface area (Å²) < 4.78 is 22.7. The molecule has 0 aromatic rings. The van der Waals surface area contributed by atoms with Gasteiger partial charge in [0.05, 0.1) is 40.3 Å². The monoisotopic (exact) mass is 1230 g/mol. The Morgan fingerprint density at radius 1 is 0.337 bits per heavy atom. The molecule has 0 spiro atoms. The maximum atomic E-state index is 12.9. The Kier molecular flexibility index (Phi) is 63.1. The van der Waals surface area contributed by atoms with Gasteiger partial charge in [-0.2, -0.15) is 0 Å². The SMILES string of the molecule is CC/C=C\C/C=C\C/C=C\C/C=C\C/C=C\C/C=C\C/C=C\C/C=C\C/C=C\C/C=C\C/C=C\CCCCCC(=O)OC(COC(=O)CCCCCCCCCC/C=C\C/C=C\C/C=C\C/C=C\C/C=C\C/C=C\CC)COC(OCC[N+](C)(C)C)C(=O)[O-]. The molecule has 0 rings (SSSR count). The number of carboxylic acids is 1. The number of likely N-dealkylation sites (N-methyl/N-ethyl adjacent to an activating group) is 1. The van der Waals surface area contributed by atoms with Crippen molar-refractivity contribution in [2.45, 2.75) is 232 Å². The Labute approximate surface area is 544 Å². The molecule has 9 nitrogen and oxygen atoms in total. The average molecular weight is 1230 g/mol. The lowest BCUT2D eigenvalue weighted by Gasteiger charge is -2.26. The van der Waals surface area contributed by atoms with Crippen molar-refractivity contribution >= 4 is 17.9 Å². The van der Waals surface area contributed by atoms with Crippen LogP contribution < -0.4 is 5.11 Å². The highest BCUT2D eigenvalue weighted by molar-refractivity contribution is 5.70. The highest BCUT2D eigenvalue weighted by Crippen LogP contribution is 2.13. The minimum Gasteiger partial charge on any atom is -0.545 e. The van der Waals surface area contributed by atoms with Crippen molar-refractivity contribution in [3.05, 3.63) is 207 Å². The number of unbranched alkanes of at least 4 members (excludes halogenated alkanes) is 11. The highest BCUT2D eigenvalue weighted by Gasteiger charge is 2.22. The van der Waals surface area contributed by atoms with E-state index in [0.29, 0.717) is 23.9 Å². The maximum Gasteiger partial charge on any atom is 0.306 e. The number of esters is 2. The van der Waals surface area contributed by atoms with Gasteiger partial charge < -0.3 is 33.3 Å². The Hall–Kier alpha value is -6.13.